The summed E-state index contributed by atoms with van der Waals surface area (Å²) in [5.74, 6) is -0.395. The van der Waals surface area contributed by atoms with Crippen molar-refractivity contribution >= 4 is 33.5 Å². The van der Waals surface area contributed by atoms with Gasteiger partial charge in [0.15, 0.2) is 5.15 Å². The van der Waals surface area contributed by atoms with Crippen molar-refractivity contribution in [3.8, 4) is 11.4 Å². The van der Waals surface area contributed by atoms with Crippen LogP contribution in [0.4, 0.5) is 0 Å². The number of aromatic nitrogens is 2. The van der Waals surface area contributed by atoms with Crippen molar-refractivity contribution in [2.75, 3.05) is 0 Å². The van der Waals surface area contributed by atoms with Gasteiger partial charge in [0.1, 0.15) is 5.82 Å². The Morgan fingerprint density at radius 2 is 2.18 bits per heavy atom. The van der Waals surface area contributed by atoms with Crippen molar-refractivity contribution in [3.63, 3.8) is 0 Å². The smallest absolute Gasteiger partial charge is 0.309 e. The van der Waals surface area contributed by atoms with Gasteiger partial charge in [-0.05, 0) is 6.07 Å². The van der Waals surface area contributed by atoms with Gasteiger partial charge in [0.25, 0.3) is 0 Å². The second-order valence-electron chi connectivity index (χ2n) is 3.41. The first kappa shape index (κ1) is 12.1. The molecule has 2 N–H and O–H groups in total. The Hall–Kier alpha value is -1.33. The minimum atomic E-state index is -0.950. The number of carboxylic acids is 1. The number of carboxylic acid groups (broad SMARTS) is 1. The maximum absolute atomic E-state index is 10.6. The fourth-order valence-corrected chi connectivity index (χ4v) is 2.11. The van der Waals surface area contributed by atoms with Gasteiger partial charge in [-0.1, -0.05) is 45.7 Å². The third-order valence-corrected chi connectivity index (χ3v) is 3.19. The summed E-state index contributed by atoms with van der Waals surface area (Å²) in [5.41, 5.74) is 1.25. The van der Waals surface area contributed by atoms with Gasteiger partial charge in [0, 0.05) is 10.0 Å². The predicted octanol–water partition coefficient (Wildman–Crippen LogP) is 3.12. The Morgan fingerprint density at radius 1 is 1.47 bits per heavy atom. The van der Waals surface area contributed by atoms with Gasteiger partial charge >= 0.3 is 5.97 Å². The number of nitrogens with one attached hydrogen (secondary N) is 1. The molecule has 0 bridgehead atoms. The molecule has 17 heavy (non-hydrogen) atoms. The number of benzene rings is 1. The molecule has 0 spiro atoms. The van der Waals surface area contributed by atoms with E-state index >= 15 is 0 Å². The molecule has 0 fully saturated rings. The lowest BCUT2D eigenvalue weighted by Crippen LogP contribution is -2.00. The highest BCUT2D eigenvalue weighted by Crippen LogP contribution is 2.28. The van der Waals surface area contributed by atoms with Crippen LogP contribution in [0.3, 0.4) is 0 Å². The standard InChI is InChI=1S/C11H8BrClN2O2/c12-7-4-2-1-3-6(7)11-14-8(5-9(16)17)10(13)15-11/h1-4H,5H2,(H,14,15)(H,16,17). The first-order valence-electron chi connectivity index (χ1n) is 4.79. The molecular weight excluding hydrogens is 307 g/mol. The molecule has 0 aliphatic heterocycles. The van der Waals surface area contributed by atoms with Crippen molar-refractivity contribution < 1.29 is 9.90 Å². The summed E-state index contributed by atoms with van der Waals surface area (Å²) in [7, 11) is 0. The summed E-state index contributed by atoms with van der Waals surface area (Å²) in [6, 6.07) is 7.50. The lowest BCUT2D eigenvalue weighted by atomic mass is 10.2. The Kier molecular flexibility index (Phi) is 3.49. The molecule has 0 unspecified atom stereocenters. The number of nitrogens with zero attached hydrogens (tertiary/aromatic N) is 1. The molecule has 2 rings (SSSR count). The molecular formula is C11H8BrClN2O2. The van der Waals surface area contributed by atoms with Crippen molar-refractivity contribution in [2.24, 2.45) is 0 Å². The van der Waals surface area contributed by atoms with Crippen molar-refractivity contribution in [1.82, 2.24) is 9.97 Å². The lowest BCUT2D eigenvalue weighted by Gasteiger charge is -1.99. The second-order valence-corrected chi connectivity index (χ2v) is 4.62. The normalized spacial score (nSPS) is 10.5. The largest absolute Gasteiger partial charge is 0.481 e. The Labute approximate surface area is 111 Å². The maximum Gasteiger partial charge on any atom is 0.309 e. The molecule has 0 amide bonds. The van der Waals surface area contributed by atoms with Gasteiger partial charge in [0.2, 0.25) is 0 Å². The fraction of sp³-hybridized carbons (Fsp3) is 0.0909. The molecule has 4 nitrogen and oxygen atoms in total. The van der Waals surface area contributed by atoms with Gasteiger partial charge in [0.05, 0.1) is 12.1 Å². The first-order chi connectivity index (χ1) is 8.08. The van der Waals surface area contributed by atoms with Gasteiger partial charge < -0.3 is 10.1 Å². The molecule has 1 aromatic heterocycles. The minimum Gasteiger partial charge on any atom is -0.481 e. The number of aliphatic carboxylic acids is 1. The molecule has 88 valence electrons. The van der Waals surface area contributed by atoms with Crippen LogP contribution in [0.2, 0.25) is 5.15 Å². The van der Waals surface area contributed by atoms with E-state index in [1.807, 2.05) is 24.3 Å². The van der Waals surface area contributed by atoms with E-state index < -0.39 is 5.97 Å². The molecule has 0 atom stereocenters. The zero-order chi connectivity index (χ0) is 12.4. The second kappa shape index (κ2) is 4.89. The Morgan fingerprint density at radius 3 is 2.82 bits per heavy atom. The molecule has 1 aromatic carbocycles. The monoisotopic (exact) mass is 314 g/mol. The highest BCUT2D eigenvalue weighted by molar-refractivity contribution is 9.10. The topological polar surface area (TPSA) is 66.0 Å². The molecule has 6 heteroatoms. The number of hydrogen-bond donors (Lipinski definition) is 2. The van der Waals surface area contributed by atoms with Crippen LogP contribution >= 0.6 is 27.5 Å². The SMILES string of the molecule is O=C(O)Cc1[nH]c(-c2ccccc2Br)nc1Cl. The molecule has 0 saturated heterocycles. The van der Waals surface area contributed by atoms with Crippen LogP contribution in [0.5, 0.6) is 0 Å². The zero-order valence-corrected chi connectivity index (χ0v) is 10.9. The fourth-order valence-electron chi connectivity index (χ4n) is 1.44. The first-order valence-corrected chi connectivity index (χ1v) is 5.96. The van der Waals surface area contributed by atoms with E-state index in [0.717, 1.165) is 10.0 Å². The van der Waals surface area contributed by atoms with Crippen LogP contribution in [0.1, 0.15) is 5.69 Å². The Balaban J connectivity index is 2.41. The van der Waals surface area contributed by atoms with Gasteiger partial charge in [-0.3, -0.25) is 4.79 Å². The minimum absolute atomic E-state index is 0.170. The number of aromatic amines is 1. The highest BCUT2D eigenvalue weighted by atomic mass is 79.9. The van der Waals surface area contributed by atoms with Crippen molar-refractivity contribution in [2.45, 2.75) is 6.42 Å². The van der Waals surface area contributed by atoms with E-state index in [9.17, 15) is 4.79 Å². The van der Waals surface area contributed by atoms with Crippen LogP contribution in [-0.2, 0) is 11.2 Å². The van der Waals surface area contributed by atoms with Crippen LogP contribution < -0.4 is 0 Å². The zero-order valence-electron chi connectivity index (χ0n) is 8.58. The molecule has 0 aliphatic rings. The van der Waals surface area contributed by atoms with Crippen molar-refractivity contribution in [3.05, 3.63) is 39.6 Å². The number of imidazole rings is 1. The average Bonchev–Trinajstić information content (AvgIpc) is 2.60. The predicted molar refractivity (Wildman–Crippen MR) is 68.1 cm³/mol. The molecule has 1 heterocycles. The molecule has 0 radical (unpaired) electrons. The summed E-state index contributed by atoms with van der Waals surface area (Å²) in [6.45, 7) is 0. The van der Waals surface area contributed by atoms with E-state index in [1.165, 1.54) is 0 Å². The summed E-state index contributed by atoms with van der Waals surface area (Å²) in [6.07, 6.45) is -0.170. The van der Waals surface area contributed by atoms with E-state index in [0.29, 0.717) is 11.5 Å². The summed E-state index contributed by atoms with van der Waals surface area (Å²) >= 11 is 9.27. The van der Waals surface area contributed by atoms with Gasteiger partial charge in [-0.15, -0.1) is 0 Å². The summed E-state index contributed by atoms with van der Waals surface area (Å²) in [5, 5.41) is 8.90. The van der Waals surface area contributed by atoms with Gasteiger partial charge in [-0.2, -0.15) is 0 Å². The summed E-state index contributed by atoms with van der Waals surface area (Å²) < 4.78 is 0.868. The van der Waals surface area contributed by atoms with Crippen LogP contribution in [-0.4, -0.2) is 21.0 Å². The van der Waals surface area contributed by atoms with Gasteiger partial charge in [-0.25, -0.2) is 4.98 Å². The third kappa shape index (κ3) is 2.68. The molecule has 2 aromatic rings. The molecule has 0 aliphatic carbocycles. The third-order valence-electron chi connectivity index (χ3n) is 2.19. The quantitative estimate of drug-likeness (QED) is 0.914. The Bertz CT molecular complexity index is 568. The lowest BCUT2D eigenvalue weighted by molar-refractivity contribution is -0.136. The number of rotatable bonds is 3. The average molecular weight is 316 g/mol. The number of halogens is 2. The summed E-state index contributed by atoms with van der Waals surface area (Å²) in [4.78, 5) is 17.6. The highest BCUT2D eigenvalue weighted by Gasteiger charge is 2.13. The van der Waals surface area contributed by atoms with E-state index in [-0.39, 0.29) is 11.6 Å². The number of carbonyl (C=O) groups is 1. The molecule has 0 saturated carbocycles. The number of H-pyrrole nitrogens is 1. The van der Waals surface area contributed by atoms with E-state index in [2.05, 4.69) is 25.9 Å². The van der Waals surface area contributed by atoms with E-state index in [4.69, 9.17) is 16.7 Å². The maximum atomic E-state index is 10.6. The number of hydrogen-bond acceptors (Lipinski definition) is 2. The van der Waals surface area contributed by atoms with Crippen LogP contribution in [0.25, 0.3) is 11.4 Å². The van der Waals surface area contributed by atoms with Crippen LogP contribution in [0.15, 0.2) is 28.7 Å². The van der Waals surface area contributed by atoms with Crippen LogP contribution in [0, 0.1) is 0 Å². The van der Waals surface area contributed by atoms with E-state index in [1.54, 1.807) is 0 Å². The van der Waals surface area contributed by atoms with Crippen molar-refractivity contribution in [1.29, 1.82) is 0 Å².